The molecule has 190 valence electrons. The standard InChI is InChI=1S/C26H20Br2IN3O5/c1-14-3-5-18(6-4-14)31-23(33)13-36-25-20(29)7-15(8-21(25)35-2)12-30-32-26(34)22-10-16-9-17(27)11-19(28)24(16)37-22/h3-12H,13H2,1-2H3,(H,31,33)(H,32,34)/b30-12-. The number of ether oxygens (including phenoxy) is 2. The van der Waals surface area contributed by atoms with Crippen molar-refractivity contribution in [3.63, 3.8) is 0 Å². The molecule has 1 aromatic heterocycles. The zero-order chi connectivity index (χ0) is 26.5. The molecule has 0 aliphatic rings. The Bertz CT molecular complexity index is 1500. The lowest BCUT2D eigenvalue weighted by molar-refractivity contribution is -0.118. The minimum absolute atomic E-state index is 0.130. The maximum absolute atomic E-state index is 12.5. The topological polar surface area (TPSA) is 102 Å². The van der Waals surface area contributed by atoms with Gasteiger partial charge in [-0.3, -0.25) is 9.59 Å². The van der Waals surface area contributed by atoms with E-state index in [0.717, 1.165) is 19.9 Å². The Morgan fingerprint density at radius 3 is 2.59 bits per heavy atom. The van der Waals surface area contributed by atoms with Crippen LogP contribution in [0.4, 0.5) is 5.69 Å². The van der Waals surface area contributed by atoms with Crippen LogP contribution in [0, 0.1) is 10.5 Å². The molecule has 3 aromatic carbocycles. The number of nitrogens with zero attached hydrogens (tertiary/aromatic N) is 1. The number of hydrazone groups is 1. The van der Waals surface area contributed by atoms with Crippen LogP contribution in [0.5, 0.6) is 11.5 Å². The summed E-state index contributed by atoms with van der Waals surface area (Å²) in [6.07, 6.45) is 1.48. The first-order chi connectivity index (χ1) is 17.7. The third-order valence-corrected chi connectivity index (χ3v) is 6.92. The average Bonchev–Trinajstić information content (AvgIpc) is 3.29. The Morgan fingerprint density at radius 1 is 1.11 bits per heavy atom. The number of amides is 2. The summed E-state index contributed by atoms with van der Waals surface area (Å²) in [6, 6.07) is 16.3. The fraction of sp³-hybridized carbons (Fsp3) is 0.115. The minimum Gasteiger partial charge on any atom is -0.493 e. The molecule has 2 N–H and O–H groups in total. The van der Waals surface area contributed by atoms with E-state index in [1.165, 1.54) is 13.3 Å². The summed E-state index contributed by atoms with van der Waals surface area (Å²) in [5.74, 6) is 0.209. The van der Waals surface area contributed by atoms with Crippen molar-refractivity contribution in [1.82, 2.24) is 5.43 Å². The predicted octanol–water partition coefficient (Wildman–Crippen LogP) is 6.66. The number of carbonyl (C=O) groups is 2. The van der Waals surface area contributed by atoms with Crippen LogP contribution < -0.4 is 20.2 Å². The highest BCUT2D eigenvalue weighted by molar-refractivity contribution is 14.1. The van der Waals surface area contributed by atoms with Gasteiger partial charge in [-0.15, -0.1) is 0 Å². The van der Waals surface area contributed by atoms with Gasteiger partial charge in [0.2, 0.25) is 0 Å². The van der Waals surface area contributed by atoms with E-state index in [1.807, 2.05) is 43.3 Å². The summed E-state index contributed by atoms with van der Waals surface area (Å²) >= 11 is 8.93. The van der Waals surface area contributed by atoms with Gasteiger partial charge in [-0.1, -0.05) is 33.6 Å². The van der Waals surface area contributed by atoms with Crippen molar-refractivity contribution in [2.24, 2.45) is 5.10 Å². The molecular formula is C26H20Br2IN3O5. The molecule has 37 heavy (non-hydrogen) atoms. The number of hydrogen-bond acceptors (Lipinski definition) is 6. The van der Waals surface area contributed by atoms with Gasteiger partial charge in [0.25, 0.3) is 5.91 Å². The molecule has 0 fully saturated rings. The van der Waals surface area contributed by atoms with Gasteiger partial charge in [-0.25, -0.2) is 5.43 Å². The Hall–Kier alpha value is -2.90. The van der Waals surface area contributed by atoms with E-state index in [-0.39, 0.29) is 18.3 Å². The summed E-state index contributed by atoms with van der Waals surface area (Å²) in [5.41, 5.74) is 5.49. The maximum Gasteiger partial charge on any atom is 0.307 e. The van der Waals surface area contributed by atoms with Crippen LogP contribution in [0.15, 0.2) is 73.1 Å². The molecule has 0 atom stereocenters. The monoisotopic (exact) mass is 739 g/mol. The zero-order valence-corrected chi connectivity index (χ0v) is 24.9. The second-order valence-corrected chi connectivity index (χ2v) is 10.8. The van der Waals surface area contributed by atoms with Crippen LogP contribution in [0.2, 0.25) is 0 Å². The normalized spacial score (nSPS) is 11.1. The van der Waals surface area contributed by atoms with Crippen LogP contribution >= 0.6 is 54.5 Å². The molecular weight excluding hydrogens is 721 g/mol. The van der Waals surface area contributed by atoms with E-state index in [1.54, 1.807) is 18.2 Å². The molecule has 0 bridgehead atoms. The van der Waals surface area contributed by atoms with E-state index in [2.05, 4.69) is 70.3 Å². The van der Waals surface area contributed by atoms with Gasteiger partial charge in [0.1, 0.15) is 5.58 Å². The number of hydrogen-bond donors (Lipinski definition) is 2. The summed E-state index contributed by atoms with van der Waals surface area (Å²) in [4.78, 5) is 24.8. The smallest absolute Gasteiger partial charge is 0.307 e. The summed E-state index contributed by atoms with van der Waals surface area (Å²) in [7, 11) is 1.51. The van der Waals surface area contributed by atoms with Crippen LogP contribution in [-0.2, 0) is 4.79 Å². The Morgan fingerprint density at radius 2 is 1.86 bits per heavy atom. The Balaban J connectivity index is 1.39. The first-order valence-electron chi connectivity index (χ1n) is 10.8. The van der Waals surface area contributed by atoms with Crippen molar-refractivity contribution in [3.8, 4) is 11.5 Å². The fourth-order valence-electron chi connectivity index (χ4n) is 3.33. The lowest BCUT2D eigenvalue weighted by Crippen LogP contribution is -2.20. The summed E-state index contributed by atoms with van der Waals surface area (Å²) < 4.78 is 19.1. The molecule has 0 spiro atoms. The van der Waals surface area contributed by atoms with Gasteiger partial charge in [-0.05, 0) is 93.5 Å². The summed E-state index contributed by atoms with van der Waals surface area (Å²) in [5, 5.41) is 7.60. The van der Waals surface area contributed by atoms with Gasteiger partial charge < -0.3 is 19.2 Å². The molecule has 11 heteroatoms. The molecule has 1 heterocycles. The van der Waals surface area contributed by atoms with Gasteiger partial charge in [0.15, 0.2) is 23.9 Å². The predicted molar refractivity (Wildman–Crippen MR) is 158 cm³/mol. The highest BCUT2D eigenvalue weighted by atomic mass is 127. The van der Waals surface area contributed by atoms with E-state index in [0.29, 0.717) is 31.9 Å². The molecule has 0 aliphatic carbocycles. The average molecular weight is 741 g/mol. The van der Waals surface area contributed by atoms with E-state index >= 15 is 0 Å². The van der Waals surface area contributed by atoms with Crippen LogP contribution in [0.3, 0.4) is 0 Å². The number of rotatable bonds is 8. The third-order valence-electron chi connectivity index (χ3n) is 5.07. The van der Waals surface area contributed by atoms with Gasteiger partial charge in [-0.2, -0.15) is 5.10 Å². The van der Waals surface area contributed by atoms with Crippen molar-refractivity contribution in [3.05, 3.63) is 84.0 Å². The Kier molecular flexibility index (Phi) is 8.87. The maximum atomic E-state index is 12.5. The van der Waals surface area contributed by atoms with Gasteiger partial charge >= 0.3 is 5.91 Å². The minimum atomic E-state index is -0.489. The highest BCUT2D eigenvalue weighted by Gasteiger charge is 2.15. The van der Waals surface area contributed by atoms with Crippen molar-refractivity contribution in [1.29, 1.82) is 0 Å². The number of aryl methyl sites for hydroxylation is 1. The molecule has 8 nitrogen and oxygen atoms in total. The van der Waals surface area contributed by atoms with Gasteiger partial charge in [0.05, 0.1) is 21.4 Å². The second-order valence-electron chi connectivity index (χ2n) is 7.85. The summed E-state index contributed by atoms with van der Waals surface area (Å²) in [6.45, 7) is 1.79. The lowest BCUT2D eigenvalue weighted by Gasteiger charge is -2.13. The molecule has 0 aliphatic heterocycles. The van der Waals surface area contributed by atoms with Crippen LogP contribution in [0.25, 0.3) is 11.0 Å². The van der Waals surface area contributed by atoms with Crippen molar-refractivity contribution in [2.45, 2.75) is 6.92 Å². The molecule has 0 saturated carbocycles. The zero-order valence-electron chi connectivity index (χ0n) is 19.6. The number of carbonyl (C=O) groups excluding carboxylic acids is 2. The number of methoxy groups -OCH3 is 1. The van der Waals surface area contributed by atoms with Crippen LogP contribution in [0.1, 0.15) is 21.7 Å². The SMILES string of the molecule is COc1cc(/C=N\NC(=O)c2cc3cc(Br)cc(Br)c3o2)cc(I)c1OCC(=O)Nc1ccc(C)cc1. The largest absolute Gasteiger partial charge is 0.493 e. The van der Waals surface area contributed by atoms with Gasteiger partial charge in [0, 0.05) is 15.5 Å². The molecule has 2 amide bonds. The first-order valence-corrected chi connectivity index (χ1v) is 13.5. The number of benzene rings is 3. The number of anilines is 1. The van der Waals surface area contributed by atoms with E-state index in [4.69, 9.17) is 13.9 Å². The lowest BCUT2D eigenvalue weighted by atomic mass is 10.2. The molecule has 0 saturated heterocycles. The van der Waals surface area contributed by atoms with E-state index in [9.17, 15) is 9.59 Å². The second kappa shape index (κ2) is 12.1. The fourth-order valence-corrected chi connectivity index (χ4v) is 5.45. The van der Waals surface area contributed by atoms with Crippen molar-refractivity contribution >= 4 is 89.1 Å². The van der Waals surface area contributed by atoms with Crippen molar-refractivity contribution < 1.29 is 23.5 Å². The molecule has 0 radical (unpaired) electrons. The highest BCUT2D eigenvalue weighted by Crippen LogP contribution is 2.34. The number of fused-ring (bicyclic) bond motifs is 1. The van der Waals surface area contributed by atoms with Crippen LogP contribution in [-0.4, -0.2) is 31.7 Å². The molecule has 0 unspecified atom stereocenters. The quantitative estimate of drug-likeness (QED) is 0.120. The van der Waals surface area contributed by atoms with E-state index < -0.39 is 5.91 Å². The number of furan rings is 1. The number of nitrogens with one attached hydrogen (secondary N) is 2. The molecule has 4 rings (SSSR count). The van der Waals surface area contributed by atoms with Crippen molar-refractivity contribution in [2.75, 3.05) is 19.0 Å². The molecule has 4 aromatic rings. The first kappa shape index (κ1) is 27.1. The Labute approximate surface area is 243 Å². The third kappa shape index (κ3) is 6.90. The number of halogens is 3.